The van der Waals surface area contributed by atoms with Crippen LogP contribution in [0.3, 0.4) is 0 Å². The largest absolute Gasteiger partial charge is 0.452 e. The lowest BCUT2D eigenvalue weighted by Crippen LogP contribution is -2.31. The van der Waals surface area contributed by atoms with Gasteiger partial charge in [0.1, 0.15) is 0 Å². The number of ether oxygens (including phenoxy) is 1. The fourth-order valence-electron chi connectivity index (χ4n) is 5.21. The number of carbonyl (C=O) groups is 4. The second-order valence-corrected chi connectivity index (χ2v) is 9.77. The molecule has 188 valence electrons. The Morgan fingerprint density at radius 1 is 0.892 bits per heavy atom. The van der Waals surface area contributed by atoms with E-state index in [0.717, 1.165) is 6.42 Å². The van der Waals surface area contributed by atoms with E-state index in [-0.39, 0.29) is 35.1 Å². The van der Waals surface area contributed by atoms with Crippen molar-refractivity contribution >= 4 is 46.7 Å². The van der Waals surface area contributed by atoms with Crippen LogP contribution in [0.4, 0.5) is 11.4 Å². The summed E-state index contributed by atoms with van der Waals surface area (Å²) in [6.45, 7) is -0.498. The summed E-state index contributed by atoms with van der Waals surface area (Å²) in [6, 6.07) is 22.9. The summed E-state index contributed by atoms with van der Waals surface area (Å²) in [5, 5.41) is 3.07. The van der Waals surface area contributed by atoms with Gasteiger partial charge in [0.25, 0.3) is 5.91 Å². The van der Waals surface area contributed by atoms with Crippen LogP contribution in [0.1, 0.15) is 41.1 Å². The van der Waals surface area contributed by atoms with E-state index < -0.39 is 18.5 Å². The van der Waals surface area contributed by atoms with E-state index in [1.807, 2.05) is 18.2 Å². The first kappa shape index (κ1) is 24.7. The molecule has 1 aliphatic carbocycles. The van der Waals surface area contributed by atoms with Crippen molar-refractivity contribution in [3.05, 3.63) is 95.0 Å². The molecule has 0 aromatic heterocycles. The number of imide groups is 1. The molecule has 0 spiro atoms. The Labute approximate surface area is 219 Å². The van der Waals surface area contributed by atoms with E-state index in [9.17, 15) is 19.2 Å². The first-order valence-corrected chi connectivity index (χ1v) is 12.5. The van der Waals surface area contributed by atoms with Crippen LogP contribution in [0.25, 0.3) is 0 Å². The van der Waals surface area contributed by atoms with Crippen molar-refractivity contribution in [1.29, 1.82) is 0 Å². The molecule has 3 aromatic carbocycles. The maximum atomic E-state index is 13.3. The third kappa shape index (κ3) is 5.27. The summed E-state index contributed by atoms with van der Waals surface area (Å²) in [7, 11) is 0. The van der Waals surface area contributed by atoms with E-state index >= 15 is 0 Å². The van der Waals surface area contributed by atoms with Gasteiger partial charge in [-0.25, -0.2) is 4.79 Å². The van der Waals surface area contributed by atoms with Gasteiger partial charge in [-0.3, -0.25) is 19.3 Å². The molecule has 3 aromatic rings. The quantitative estimate of drug-likeness (QED) is 0.358. The van der Waals surface area contributed by atoms with Crippen molar-refractivity contribution in [2.24, 2.45) is 11.8 Å². The van der Waals surface area contributed by atoms with Gasteiger partial charge in [0, 0.05) is 10.7 Å². The average molecular weight is 517 g/mol. The summed E-state index contributed by atoms with van der Waals surface area (Å²) in [4.78, 5) is 52.6. The van der Waals surface area contributed by atoms with Gasteiger partial charge < -0.3 is 10.1 Å². The van der Waals surface area contributed by atoms with Crippen molar-refractivity contribution in [3.8, 4) is 0 Å². The molecule has 1 saturated heterocycles. The molecule has 1 aliphatic heterocycles. The lowest BCUT2D eigenvalue weighted by Gasteiger charge is -2.28. The van der Waals surface area contributed by atoms with Crippen LogP contribution < -0.4 is 10.2 Å². The summed E-state index contributed by atoms with van der Waals surface area (Å²) < 4.78 is 5.15. The van der Waals surface area contributed by atoms with Gasteiger partial charge in [0.15, 0.2) is 6.61 Å². The summed E-state index contributed by atoms with van der Waals surface area (Å²) in [5.74, 6) is -2.21. The van der Waals surface area contributed by atoms with E-state index in [0.29, 0.717) is 29.2 Å². The van der Waals surface area contributed by atoms with Crippen molar-refractivity contribution in [1.82, 2.24) is 0 Å². The fraction of sp³-hybridized carbons (Fsp3) is 0.241. The Morgan fingerprint density at radius 2 is 1.65 bits per heavy atom. The molecular formula is C29H25ClN2O5. The molecule has 0 unspecified atom stereocenters. The number of benzene rings is 3. The second kappa shape index (κ2) is 10.6. The topological polar surface area (TPSA) is 92.8 Å². The summed E-state index contributed by atoms with van der Waals surface area (Å²) in [6.07, 6.45) is 2.12. The zero-order valence-electron chi connectivity index (χ0n) is 19.9. The minimum Gasteiger partial charge on any atom is -0.452 e. The molecule has 3 amide bonds. The smallest absolute Gasteiger partial charge is 0.338 e. The third-order valence-electron chi connectivity index (χ3n) is 6.98. The highest BCUT2D eigenvalue weighted by molar-refractivity contribution is 6.30. The predicted octanol–water partition coefficient (Wildman–Crippen LogP) is 5.21. The molecule has 5 rings (SSSR count). The van der Waals surface area contributed by atoms with Gasteiger partial charge in [-0.15, -0.1) is 0 Å². The second-order valence-electron chi connectivity index (χ2n) is 9.33. The Kier molecular flexibility index (Phi) is 7.06. The number of halogens is 1. The van der Waals surface area contributed by atoms with Crippen molar-refractivity contribution in [2.45, 2.75) is 25.2 Å². The van der Waals surface area contributed by atoms with E-state index in [2.05, 4.69) is 17.4 Å². The third-order valence-corrected chi connectivity index (χ3v) is 7.21. The number of anilines is 2. The van der Waals surface area contributed by atoms with Crippen LogP contribution in [-0.4, -0.2) is 30.3 Å². The number of esters is 1. The fourth-order valence-corrected chi connectivity index (χ4v) is 5.40. The number of carbonyl (C=O) groups excluding carboxylic acids is 4. The van der Waals surface area contributed by atoms with Gasteiger partial charge in [-0.1, -0.05) is 54.1 Å². The lowest BCUT2D eigenvalue weighted by atomic mass is 9.73. The molecule has 2 fully saturated rings. The molecule has 7 nitrogen and oxygen atoms in total. The number of amides is 3. The maximum Gasteiger partial charge on any atom is 0.338 e. The molecule has 8 heteroatoms. The van der Waals surface area contributed by atoms with E-state index in [4.69, 9.17) is 16.3 Å². The van der Waals surface area contributed by atoms with Gasteiger partial charge in [0.05, 0.1) is 23.1 Å². The normalized spacial score (nSPS) is 20.9. The summed E-state index contributed by atoms with van der Waals surface area (Å²) >= 11 is 5.91. The molecule has 1 heterocycles. The number of nitrogens with zero attached hydrogens (tertiary/aromatic N) is 1. The highest BCUT2D eigenvalue weighted by atomic mass is 35.5. The SMILES string of the molecule is O=C(COC(=O)c1cccc(N2C(=O)[C@H]3C[C@H](c4ccccc4)CC[C@H]3C2=O)c1)Nc1cccc(Cl)c1. The minimum absolute atomic E-state index is 0.144. The Bertz CT molecular complexity index is 1360. The standard InChI is InChI=1S/C29H25ClN2O5/c30-21-9-5-10-22(16-21)31-26(33)17-37-29(36)20-8-4-11-23(14-20)32-27(34)24-13-12-19(15-25(24)28(32)35)18-6-2-1-3-7-18/h1-11,14,16,19,24-25H,12-13,15,17H2,(H,31,33)/t19-,24-,25+/m1/s1. The number of nitrogens with one attached hydrogen (secondary N) is 1. The lowest BCUT2D eigenvalue weighted by molar-refractivity contribution is -0.122. The molecule has 2 aliphatic rings. The van der Waals surface area contributed by atoms with Crippen LogP contribution in [-0.2, 0) is 19.1 Å². The van der Waals surface area contributed by atoms with Crippen LogP contribution >= 0.6 is 11.6 Å². The molecule has 1 N–H and O–H groups in total. The zero-order chi connectivity index (χ0) is 25.9. The number of hydrogen-bond donors (Lipinski definition) is 1. The molecule has 0 radical (unpaired) electrons. The number of fused-ring (bicyclic) bond motifs is 1. The van der Waals surface area contributed by atoms with Crippen LogP contribution in [0.5, 0.6) is 0 Å². The van der Waals surface area contributed by atoms with Crippen molar-refractivity contribution < 1.29 is 23.9 Å². The minimum atomic E-state index is -0.733. The first-order chi connectivity index (χ1) is 17.9. The van der Waals surface area contributed by atoms with Gasteiger partial charge in [-0.05, 0) is 67.1 Å². The van der Waals surface area contributed by atoms with Crippen LogP contribution in [0.2, 0.25) is 5.02 Å². The Hall–Kier alpha value is -3.97. The number of rotatable bonds is 6. The Morgan fingerprint density at radius 3 is 2.43 bits per heavy atom. The van der Waals surface area contributed by atoms with E-state index in [1.54, 1.807) is 36.4 Å². The van der Waals surface area contributed by atoms with Gasteiger partial charge >= 0.3 is 5.97 Å². The molecule has 1 saturated carbocycles. The summed E-state index contributed by atoms with van der Waals surface area (Å²) in [5.41, 5.74) is 2.14. The monoisotopic (exact) mass is 516 g/mol. The van der Waals surface area contributed by atoms with Crippen molar-refractivity contribution in [3.63, 3.8) is 0 Å². The number of hydrogen-bond acceptors (Lipinski definition) is 5. The molecule has 3 atom stereocenters. The van der Waals surface area contributed by atoms with Gasteiger partial charge in [-0.2, -0.15) is 0 Å². The highest BCUT2D eigenvalue weighted by Crippen LogP contribution is 2.45. The van der Waals surface area contributed by atoms with Gasteiger partial charge in [0.2, 0.25) is 11.8 Å². The average Bonchev–Trinajstić information content (AvgIpc) is 3.17. The Balaban J connectivity index is 1.24. The molecule has 0 bridgehead atoms. The van der Waals surface area contributed by atoms with E-state index in [1.165, 1.54) is 22.6 Å². The molecule has 37 heavy (non-hydrogen) atoms. The zero-order valence-corrected chi connectivity index (χ0v) is 20.7. The van der Waals surface area contributed by atoms with Crippen LogP contribution in [0, 0.1) is 11.8 Å². The first-order valence-electron chi connectivity index (χ1n) is 12.2. The highest BCUT2D eigenvalue weighted by Gasteiger charge is 2.50. The predicted molar refractivity (Wildman–Crippen MR) is 139 cm³/mol. The maximum absolute atomic E-state index is 13.3. The van der Waals surface area contributed by atoms with Crippen molar-refractivity contribution in [2.75, 3.05) is 16.8 Å². The van der Waals surface area contributed by atoms with Crippen LogP contribution in [0.15, 0.2) is 78.9 Å². The molecular weight excluding hydrogens is 492 g/mol.